The lowest BCUT2D eigenvalue weighted by Crippen LogP contribution is -2.38. The summed E-state index contributed by atoms with van der Waals surface area (Å²) in [6.07, 6.45) is 0.320. The lowest BCUT2D eigenvalue weighted by molar-refractivity contribution is -0.140. The van der Waals surface area contributed by atoms with Crippen LogP contribution >= 0.6 is 15.9 Å². The lowest BCUT2D eigenvalue weighted by atomic mass is 10.1. The van der Waals surface area contributed by atoms with E-state index in [0.717, 1.165) is 10.2 Å². The molecule has 0 aliphatic carbocycles. The Labute approximate surface area is 136 Å². The number of hydrogen-bond acceptors (Lipinski definition) is 3. The average molecular weight is 369 g/mol. The zero-order chi connectivity index (χ0) is 16.3. The predicted octanol–water partition coefficient (Wildman–Crippen LogP) is 1.74. The van der Waals surface area contributed by atoms with Gasteiger partial charge in [0.15, 0.2) is 0 Å². The van der Waals surface area contributed by atoms with Gasteiger partial charge in [0.1, 0.15) is 5.92 Å². The molecule has 1 aromatic carbocycles. The fraction of sp³-hybridized carbons (Fsp3) is 0.400. The molecule has 1 atom stereocenters. The molecule has 0 saturated carbocycles. The molecule has 0 spiro atoms. The number of benzene rings is 1. The Hall–Kier alpha value is -1.89. The van der Waals surface area contributed by atoms with E-state index in [4.69, 9.17) is 5.11 Å². The monoisotopic (exact) mass is 368 g/mol. The summed E-state index contributed by atoms with van der Waals surface area (Å²) in [6, 6.07) is 7.36. The number of carboxylic acids is 1. The van der Waals surface area contributed by atoms with Gasteiger partial charge >= 0.3 is 5.97 Å². The first-order chi connectivity index (χ1) is 10.4. The summed E-state index contributed by atoms with van der Waals surface area (Å²) < 4.78 is 0.867. The van der Waals surface area contributed by atoms with E-state index >= 15 is 0 Å². The van der Waals surface area contributed by atoms with E-state index in [9.17, 15) is 14.4 Å². The molecule has 1 unspecified atom stereocenters. The second-order valence-corrected chi connectivity index (χ2v) is 6.13. The molecule has 2 amide bonds. The minimum Gasteiger partial charge on any atom is -0.481 e. The van der Waals surface area contributed by atoms with Gasteiger partial charge in [-0.1, -0.05) is 22.0 Å². The van der Waals surface area contributed by atoms with Crippen molar-refractivity contribution < 1.29 is 19.5 Å². The summed E-state index contributed by atoms with van der Waals surface area (Å²) in [4.78, 5) is 38.2. The van der Waals surface area contributed by atoms with E-state index in [1.165, 1.54) is 11.9 Å². The summed E-state index contributed by atoms with van der Waals surface area (Å²) in [5.74, 6) is -2.24. The smallest absolute Gasteiger partial charge is 0.305 e. The van der Waals surface area contributed by atoms with Crippen LogP contribution in [-0.4, -0.2) is 47.9 Å². The lowest BCUT2D eigenvalue weighted by Gasteiger charge is -2.20. The fourth-order valence-corrected chi connectivity index (χ4v) is 2.84. The Balaban J connectivity index is 2.04. The summed E-state index contributed by atoms with van der Waals surface area (Å²) in [5, 5.41) is 8.66. The maximum atomic E-state index is 12.4. The van der Waals surface area contributed by atoms with Gasteiger partial charge in [-0.05, 0) is 24.6 Å². The van der Waals surface area contributed by atoms with Gasteiger partial charge in [0.25, 0.3) is 0 Å². The number of carbonyl (C=O) groups excluding carboxylic acids is 2. The number of anilines is 1. The van der Waals surface area contributed by atoms with E-state index in [1.54, 1.807) is 4.90 Å². The van der Waals surface area contributed by atoms with Crippen LogP contribution in [0.2, 0.25) is 0 Å². The molecule has 2 rings (SSSR count). The Morgan fingerprint density at radius 3 is 2.82 bits per heavy atom. The molecular formula is C15H17BrN2O4. The first kappa shape index (κ1) is 16.5. The summed E-state index contributed by atoms with van der Waals surface area (Å²) in [6.45, 7) is 0.591. The molecule has 118 valence electrons. The van der Waals surface area contributed by atoms with Crippen LogP contribution in [0.3, 0.4) is 0 Å². The molecule has 1 saturated heterocycles. The van der Waals surface area contributed by atoms with E-state index in [2.05, 4.69) is 15.9 Å². The Kier molecular flexibility index (Phi) is 5.18. The molecule has 1 heterocycles. The average Bonchev–Trinajstić information content (AvgIpc) is 2.85. The third kappa shape index (κ3) is 3.65. The predicted molar refractivity (Wildman–Crippen MR) is 84.5 cm³/mol. The molecule has 1 aliphatic rings. The van der Waals surface area contributed by atoms with Gasteiger partial charge < -0.3 is 14.9 Å². The van der Waals surface area contributed by atoms with Crippen molar-refractivity contribution in [1.82, 2.24) is 4.90 Å². The second-order valence-electron chi connectivity index (χ2n) is 5.21. The SMILES string of the molecule is CN(CCC(=O)O)C(=O)C1CCN(c2cccc(Br)c2)C1=O. The maximum absolute atomic E-state index is 12.4. The van der Waals surface area contributed by atoms with Gasteiger partial charge in [-0.2, -0.15) is 0 Å². The highest BCUT2D eigenvalue weighted by Gasteiger charge is 2.38. The van der Waals surface area contributed by atoms with Gasteiger partial charge in [-0.25, -0.2) is 0 Å². The van der Waals surface area contributed by atoms with Gasteiger partial charge in [-0.15, -0.1) is 0 Å². The standard InChI is InChI=1S/C15H17BrN2O4/c1-17(7-6-13(19)20)14(21)12-5-8-18(15(12)22)11-4-2-3-10(16)9-11/h2-4,9,12H,5-8H2,1H3,(H,19,20). The van der Waals surface area contributed by atoms with Crippen molar-refractivity contribution in [3.05, 3.63) is 28.7 Å². The normalized spacial score (nSPS) is 17.6. The van der Waals surface area contributed by atoms with Crippen molar-refractivity contribution in [1.29, 1.82) is 0 Å². The van der Waals surface area contributed by atoms with Crippen LogP contribution in [-0.2, 0) is 14.4 Å². The van der Waals surface area contributed by atoms with Gasteiger partial charge in [-0.3, -0.25) is 14.4 Å². The number of rotatable bonds is 5. The molecule has 0 aromatic heterocycles. The highest BCUT2D eigenvalue weighted by Crippen LogP contribution is 2.28. The molecule has 0 radical (unpaired) electrons. The van der Waals surface area contributed by atoms with Crippen LogP contribution in [0.4, 0.5) is 5.69 Å². The van der Waals surface area contributed by atoms with Crippen molar-refractivity contribution in [2.45, 2.75) is 12.8 Å². The fourth-order valence-electron chi connectivity index (χ4n) is 2.45. The molecule has 0 bridgehead atoms. The van der Waals surface area contributed by atoms with Crippen LogP contribution in [0.1, 0.15) is 12.8 Å². The third-order valence-corrected chi connectivity index (χ3v) is 4.15. The van der Waals surface area contributed by atoms with Gasteiger partial charge in [0.2, 0.25) is 11.8 Å². The molecule has 1 N–H and O–H groups in total. The summed E-state index contributed by atoms with van der Waals surface area (Å²) in [7, 11) is 1.53. The molecule has 22 heavy (non-hydrogen) atoms. The second kappa shape index (κ2) is 6.91. The van der Waals surface area contributed by atoms with E-state index in [-0.39, 0.29) is 24.8 Å². The van der Waals surface area contributed by atoms with E-state index in [0.29, 0.717) is 13.0 Å². The first-order valence-electron chi connectivity index (χ1n) is 6.94. The summed E-state index contributed by atoms with van der Waals surface area (Å²) >= 11 is 3.36. The Morgan fingerprint density at radius 1 is 1.45 bits per heavy atom. The number of halogens is 1. The maximum Gasteiger partial charge on any atom is 0.305 e. The third-order valence-electron chi connectivity index (χ3n) is 3.66. The van der Waals surface area contributed by atoms with Gasteiger partial charge in [0.05, 0.1) is 6.42 Å². The van der Waals surface area contributed by atoms with Crippen LogP contribution in [0.5, 0.6) is 0 Å². The number of carbonyl (C=O) groups is 3. The number of carboxylic acid groups (broad SMARTS) is 1. The zero-order valence-electron chi connectivity index (χ0n) is 12.2. The number of aliphatic carboxylic acids is 1. The molecule has 7 heteroatoms. The van der Waals surface area contributed by atoms with E-state index < -0.39 is 11.9 Å². The highest BCUT2D eigenvalue weighted by atomic mass is 79.9. The topological polar surface area (TPSA) is 77.9 Å². The largest absolute Gasteiger partial charge is 0.481 e. The van der Waals surface area contributed by atoms with Crippen molar-refractivity contribution >= 4 is 39.4 Å². The Bertz CT molecular complexity index is 605. The summed E-state index contributed by atoms with van der Waals surface area (Å²) in [5.41, 5.74) is 0.753. The van der Waals surface area contributed by atoms with Crippen molar-refractivity contribution in [2.24, 2.45) is 5.92 Å². The molecule has 1 aromatic rings. The zero-order valence-corrected chi connectivity index (χ0v) is 13.7. The highest BCUT2D eigenvalue weighted by molar-refractivity contribution is 9.10. The molecule has 6 nitrogen and oxygen atoms in total. The van der Waals surface area contributed by atoms with Crippen LogP contribution < -0.4 is 4.90 Å². The Morgan fingerprint density at radius 2 is 2.18 bits per heavy atom. The van der Waals surface area contributed by atoms with Crippen molar-refractivity contribution in [3.63, 3.8) is 0 Å². The minimum absolute atomic E-state index is 0.106. The number of amides is 2. The van der Waals surface area contributed by atoms with Crippen LogP contribution in [0, 0.1) is 5.92 Å². The number of nitrogens with zero attached hydrogens (tertiary/aromatic N) is 2. The van der Waals surface area contributed by atoms with Crippen LogP contribution in [0.15, 0.2) is 28.7 Å². The number of hydrogen-bond donors (Lipinski definition) is 1. The van der Waals surface area contributed by atoms with Crippen molar-refractivity contribution in [3.8, 4) is 0 Å². The van der Waals surface area contributed by atoms with Crippen LogP contribution in [0.25, 0.3) is 0 Å². The molecule has 1 fully saturated rings. The first-order valence-corrected chi connectivity index (χ1v) is 7.73. The minimum atomic E-state index is -0.965. The van der Waals surface area contributed by atoms with Crippen molar-refractivity contribution in [2.75, 3.05) is 25.0 Å². The quantitative estimate of drug-likeness (QED) is 0.802. The molecular weight excluding hydrogens is 352 g/mol. The van der Waals surface area contributed by atoms with E-state index in [1.807, 2.05) is 24.3 Å². The molecule has 1 aliphatic heterocycles. The van der Waals surface area contributed by atoms with Gasteiger partial charge in [0, 0.05) is 30.3 Å².